The van der Waals surface area contributed by atoms with Gasteiger partial charge in [-0.15, -0.1) is 0 Å². The molecule has 3 aromatic rings. The number of H-pyrrole nitrogens is 1. The van der Waals surface area contributed by atoms with Crippen LogP contribution in [0.5, 0.6) is 0 Å². The van der Waals surface area contributed by atoms with Gasteiger partial charge in [-0.1, -0.05) is 39.7 Å². The van der Waals surface area contributed by atoms with E-state index in [0.29, 0.717) is 5.57 Å². The highest BCUT2D eigenvalue weighted by Crippen LogP contribution is 2.41. The van der Waals surface area contributed by atoms with Crippen molar-refractivity contribution < 1.29 is 4.79 Å². The van der Waals surface area contributed by atoms with Crippen molar-refractivity contribution in [1.29, 1.82) is 0 Å². The smallest absolute Gasteiger partial charge is 0.257 e. The first-order valence-corrected chi connectivity index (χ1v) is 8.90. The van der Waals surface area contributed by atoms with Crippen LogP contribution in [0.1, 0.15) is 27.8 Å². The molecule has 1 aliphatic rings. The van der Waals surface area contributed by atoms with Crippen LogP contribution in [0.25, 0.3) is 11.1 Å². The lowest BCUT2D eigenvalue weighted by atomic mass is 9.88. The van der Waals surface area contributed by atoms with E-state index in [1.165, 1.54) is 5.56 Å². The summed E-state index contributed by atoms with van der Waals surface area (Å²) in [6, 6.07) is 14.2. The summed E-state index contributed by atoms with van der Waals surface area (Å²) >= 11 is 3.52. The third kappa shape index (κ3) is 2.72. The predicted molar refractivity (Wildman–Crippen MR) is 105 cm³/mol. The topological polar surface area (TPSA) is 44.9 Å². The van der Waals surface area contributed by atoms with Crippen LogP contribution in [-0.4, -0.2) is 10.9 Å². The molecular weight excluding hydrogens is 376 g/mol. The van der Waals surface area contributed by atoms with Gasteiger partial charge in [-0.05, 0) is 49.2 Å². The van der Waals surface area contributed by atoms with Crippen LogP contribution in [0.4, 0.5) is 5.69 Å². The second kappa shape index (κ2) is 6.05. The number of fused-ring (bicyclic) bond motifs is 1. The van der Waals surface area contributed by atoms with E-state index in [0.717, 1.165) is 38.0 Å². The number of benzene rings is 2. The molecule has 25 heavy (non-hydrogen) atoms. The maximum Gasteiger partial charge on any atom is 0.257 e. The monoisotopic (exact) mass is 392 g/mol. The van der Waals surface area contributed by atoms with Crippen molar-refractivity contribution in [3.63, 3.8) is 0 Å². The molecule has 0 bridgehead atoms. The Morgan fingerprint density at radius 1 is 1.04 bits per heavy atom. The fraction of sp³-hybridized carbons (Fsp3) is 0.0952. The van der Waals surface area contributed by atoms with Crippen LogP contribution in [0, 0.1) is 13.8 Å². The third-order valence-corrected chi connectivity index (χ3v) is 5.02. The number of anilines is 1. The molecule has 4 heteroatoms. The lowest BCUT2D eigenvalue weighted by molar-refractivity contribution is -0.110. The zero-order chi connectivity index (χ0) is 17.6. The van der Waals surface area contributed by atoms with E-state index >= 15 is 0 Å². The molecular formula is C21H17BrN2O. The van der Waals surface area contributed by atoms with Gasteiger partial charge in [0, 0.05) is 39.3 Å². The number of aryl methyl sites for hydroxylation is 2. The summed E-state index contributed by atoms with van der Waals surface area (Å²) < 4.78 is 0.953. The molecule has 0 aliphatic carbocycles. The minimum absolute atomic E-state index is 0.0646. The molecule has 1 aromatic heterocycles. The first kappa shape index (κ1) is 15.9. The van der Waals surface area contributed by atoms with Crippen LogP contribution in [0.3, 0.4) is 0 Å². The number of nitrogens with one attached hydrogen (secondary N) is 2. The molecule has 2 N–H and O–H groups in total. The van der Waals surface area contributed by atoms with Crippen LogP contribution < -0.4 is 5.32 Å². The van der Waals surface area contributed by atoms with Gasteiger partial charge in [0.1, 0.15) is 0 Å². The van der Waals surface area contributed by atoms with Gasteiger partial charge in [-0.25, -0.2) is 0 Å². The molecule has 124 valence electrons. The Hall–Kier alpha value is -2.59. The van der Waals surface area contributed by atoms with Gasteiger partial charge in [0.05, 0.1) is 5.57 Å². The third-order valence-electron chi connectivity index (χ3n) is 4.53. The summed E-state index contributed by atoms with van der Waals surface area (Å²) in [7, 11) is 0. The number of aromatic amines is 1. The highest BCUT2D eigenvalue weighted by atomic mass is 79.9. The van der Waals surface area contributed by atoms with Gasteiger partial charge >= 0.3 is 0 Å². The van der Waals surface area contributed by atoms with E-state index < -0.39 is 0 Å². The molecule has 4 rings (SSSR count). The fourth-order valence-corrected chi connectivity index (χ4v) is 3.67. The SMILES string of the molecule is Cc1ccc(C)c(C(=C2C(=O)Nc3ccc(Br)cc32)c2cc[nH]c2)c1. The number of rotatable bonds is 2. The average Bonchev–Trinajstić information content (AvgIpc) is 3.20. The molecule has 0 unspecified atom stereocenters. The van der Waals surface area contributed by atoms with Crippen LogP contribution in [0.2, 0.25) is 0 Å². The minimum atomic E-state index is -0.0646. The molecule has 0 spiro atoms. The lowest BCUT2D eigenvalue weighted by Crippen LogP contribution is -2.07. The van der Waals surface area contributed by atoms with Gasteiger partial charge in [0.15, 0.2) is 0 Å². The quantitative estimate of drug-likeness (QED) is 0.570. The van der Waals surface area contributed by atoms with Gasteiger partial charge < -0.3 is 10.3 Å². The van der Waals surface area contributed by atoms with Crippen molar-refractivity contribution in [2.45, 2.75) is 13.8 Å². The van der Waals surface area contributed by atoms with E-state index in [2.05, 4.69) is 58.3 Å². The van der Waals surface area contributed by atoms with Gasteiger partial charge in [0.25, 0.3) is 5.91 Å². The van der Waals surface area contributed by atoms with Crippen LogP contribution in [0.15, 0.2) is 59.3 Å². The second-order valence-electron chi connectivity index (χ2n) is 6.31. The number of carbonyl (C=O) groups excluding carboxylic acids is 1. The Morgan fingerprint density at radius 2 is 1.88 bits per heavy atom. The molecule has 3 nitrogen and oxygen atoms in total. The van der Waals surface area contributed by atoms with E-state index in [1.54, 1.807) is 0 Å². The predicted octanol–water partition coefficient (Wildman–Crippen LogP) is 5.31. The summed E-state index contributed by atoms with van der Waals surface area (Å²) in [4.78, 5) is 16.0. The van der Waals surface area contributed by atoms with Gasteiger partial charge in [-0.3, -0.25) is 4.79 Å². The first-order valence-electron chi connectivity index (χ1n) is 8.11. The molecule has 0 fully saturated rings. The Kier molecular flexibility index (Phi) is 3.85. The van der Waals surface area contributed by atoms with Gasteiger partial charge in [0.2, 0.25) is 0 Å². The molecule has 0 saturated carbocycles. The van der Waals surface area contributed by atoms with Crippen LogP contribution in [-0.2, 0) is 4.79 Å². The molecule has 0 radical (unpaired) electrons. The molecule has 2 aromatic carbocycles. The number of hydrogen-bond acceptors (Lipinski definition) is 1. The normalized spacial score (nSPS) is 15.1. The van der Waals surface area contributed by atoms with E-state index in [4.69, 9.17) is 0 Å². The number of hydrogen-bond donors (Lipinski definition) is 2. The Morgan fingerprint density at radius 3 is 2.64 bits per heavy atom. The standard InChI is InChI=1S/C21H17BrN2O/c1-12-3-4-13(2)16(9-12)19(14-7-8-23-11-14)20-17-10-15(22)5-6-18(17)24-21(20)25/h3-11,23H,1-2H3,(H,24,25). The van der Waals surface area contributed by atoms with Crippen molar-refractivity contribution in [2.24, 2.45) is 0 Å². The molecule has 1 aliphatic heterocycles. The zero-order valence-electron chi connectivity index (χ0n) is 14.0. The maximum absolute atomic E-state index is 12.9. The molecule has 0 atom stereocenters. The summed E-state index contributed by atoms with van der Waals surface area (Å²) in [5.41, 5.74) is 7.84. The Bertz CT molecular complexity index is 1020. The molecule has 0 saturated heterocycles. The minimum Gasteiger partial charge on any atom is -0.367 e. The number of amides is 1. The summed E-state index contributed by atoms with van der Waals surface area (Å²) in [5, 5.41) is 2.99. The Labute approximate surface area is 154 Å². The Balaban J connectivity index is 2.09. The van der Waals surface area contributed by atoms with Gasteiger partial charge in [-0.2, -0.15) is 0 Å². The fourth-order valence-electron chi connectivity index (χ4n) is 3.31. The van der Waals surface area contributed by atoms with Crippen molar-refractivity contribution in [3.05, 3.63) is 87.1 Å². The number of aromatic nitrogens is 1. The lowest BCUT2D eigenvalue weighted by Gasteiger charge is -2.14. The largest absolute Gasteiger partial charge is 0.367 e. The van der Waals surface area contributed by atoms with E-state index in [9.17, 15) is 4.79 Å². The first-order chi connectivity index (χ1) is 12.0. The second-order valence-corrected chi connectivity index (χ2v) is 7.23. The van der Waals surface area contributed by atoms with E-state index in [1.807, 2.05) is 36.7 Å². The van der Waals surface area contributed by atoms with Crippen molar-refractivity contribution in [3.8, 4) is 0 Å². The molecule has 2 heterocycles. The number of carbonyl (C=O) groups is 1. The number of halogens is 1. The van der Waals surface area contributed by atoms with E-state index in [-0.39, 0.29) is 5.91 Å². The van der Waals surface area contributed by atoms with Crippen molar-refractivity contribution in [2.75, 3.05) is 5.32 Å². The van der Waals surface area contributed by atoms with Crippen molar-refractivity contribution >= 4 is 38.7 Å². The summed E-state index contributed by atoms with van der Waals surface area (Å²) in [5.74, 6) is -0.0646. The average molecular weight is 393 g/mol. The summed E-state index contributed by atoms with van der Waals surface area (Å²) in [6.45, 7) is 4.15. The highest BCUT2D eigenvalue weighted by molar-refractivity contribution is 9.10. The zero-order valence-corrected chi connectivity index (χ0v) is 15.6. The highest BCUT2D eigenvalue weighted by Gasteiger charge is 2.29. The molecule has 1 amide bonds. The summed E-state index contributed by atoms with van der Waals surface area (Å²) in [6.07, 6.45) is 3.82. The van der Waals surface area contributed by atoms with Crippen molar-refractivity contribution in [1.82, 2.24) is 4.98 Å². The maximum atomic E-state index is 12.9. The van der Waals surface area contributed by atoms with Crippen LogP contribution >= 0.6 is 15.9 Å².